The second-order valence-corrected chi connectivity index (χ2v) is 6.68. The quantitative estimate of drug-likeness (QED) is 0.926. The smallest absolute Gasteiger partial charge is 0.254 e. The van der Waals surface area contributed by atoms with Crippen LogP contribution in [0.3, 0.4) is 0 Å². The molecule has 2 aromatic rings. The average molecular weight is 341 g/mol. The first kappa shape index (κ1) is 17.5. The van der Waals surface area contributed by atoms with Crippen molar-refractivity contribution in [3.8, 4) is 0 Å². The topological polar surface area (TPSA) is 45.2 Å². The lowest BCUT2D eigenvalue weighted by atomic mass is 10.00. The van der Waals surface area contributed by atoms with Crippen LogP contribution in [0.2, 0.25) is 0 Å². The normalized spacial score (nSPS) is 17.2. The average Bonchev–Trinajstić information content (AvgIpc) is 2.64. The monoisotopic (exact) mass is 341 g/mol. The van der Waals surface area contributed by atoms with Gasteiger partial charge in [-0.25, -0.2) is 4.39 Å². The maximum absolute atomic E-state index is 14.1. The Bertz CT molecular complexity index is 727. The Hall–Kier alpha value is -2.27. The molecule has 1 fully saturated rings. The SMILES string of the molecule is Cc1cccc(C(=O)NC2CCN([C@@H](C)c3ccncc3)CC2)c1F. The lowest BCUT2D eigenvalue weighted by Gasteiger charge is -2.36. The molecule has 1 amide bonds. The van der Waals surface area contributed by atoms with E-state index in [1.54, 1.807) is 19.1 Å². The molecule has 0 spiro atoms. The summed E-state index contributed by atoms with van der Waals surface area (Å²) in [5, 5.41) is 2.99. The van der Waals surface area contributed by atoms with E-state index in [1.165, 1.54) is 11.6 Å². The van der Waals surface area contributed by atoms with Crippen LogP contribution in [0.5, 0.6) is 0 Å². The van der Waals surface area contributed by atoms with Crippen molar-refractivity contribution in [1.82, 2.24) is 15.2 Å². The second-order valence-electron chi connectivity index (χ2n) is 6.68. The van der Waals surface area contributed by atoms with Crippen molar-refractivity contribution in [1.29, 1.82) is 0 Å². The van der Waals surface area contributed by atoms with E-state index in [0.29, 0.717) is 11.6 Å². The minimum Gasteiger partial charge on any atom is -0.349 e. The standard InChI is InChI=1S/C20H24FN3O/c1-14-4-3-5-18(19(14)21)20(25)23-17-8-12-24(13-9-17)15(2)16-6-10-22-11-7-16/h3-7,10-11,15,17H,8-9,12-13H2,1-2H3,(H,23,25)/t15-/m0/s1. The highest BCUT2D eigenvalue weighted by Gasteiger charge is 2.25. The Morgan fingerprint density at radius 3 is 2.60 bits per heavy atom. The van der Waals surface area contributed by atoms with E-state index in [2.05, 4.69) is 22.1 Å². The number of hydrogen-bond donors (Lipinski definition) is 1. The second kappa shape index (κ2) is 7.74. The summed E-state index contributed by atoms with van der Waals surface area (Å²) in [6, 6.07) is 9.43. The highest BCUT2D eigenvalue weighted by atomic mass is 19.1. The third-order valence-corrected chi connectivity index (χ3v) is 5.04. The zero-order valence-corrected chi connectivity index (χ0v) is 14.7. The third-order valence-electron chi connectivity index (χ3n) is 5.04. The van der Waals surface area contributed by atoms with E-state index in [4.69, 9.17) is 0 Å². The number of benzene rings is 1. The molecule has 4 nitrogen and oxygen atoms in total. The molecule has 1 aliphatic heterocycles. The molecule has 2 heterocycles. The minimum atomic E-state index is -0.427. The molecule has 5 heteroatoms. The summed E-state index contributed by atoms with van der Waals surface area (Å²) in [5.41, 5.74) is 1.88. The highest BCUT2D eigenvalue weighted by molar-refractivity contribution is 5.94. The number of rotatable bonds is 4. The van der Waals surface area contributed by atoms with Gasteiger partial charge in [0, 0.05) is 37.6 Å². The Morgan fingerprint density at radius 2 is 1.92 bits per heavy atom. The number of carbonyl (C=O) groups is 1. The van der Waals surface area contributed by atoms with Crippen LogP contribution in [0.25, 0.3) is 0 Å². The van der Waals surface area contributed by atoms with Gasteiger partial charge in [0.15, 0.2) is 0 Å². The van der Waals surface area contributed by atoms with Gasteiger partial charge >= 0.3 is 0 Å². The molecule has 25 heavy (non-hydrogen) atoms. The summed E-state index contributed by atoms with van der Waals surface area (Å²) in [7, 11) is 0. The van der Waals surface area contributed by atoms with Crippen LogP contribution in [0.1, 0.15) is 47.3 Å². The summed E-state index contributed by atoms with van der Waals surface area (Å²) < 4.78 is 14.1. The van der Waals surface area contributed by atoms with E-state index < -0.39 is 5.82 Å². The van der Waals surface area contributed by atoms with Gasteiger partial charge in [-0.1, -0.05) is 12.1 Å². The maximum Gasteiger partial charge on any atom is 0.254 e. The molecule has 3 rings (SSSR count). The summed E-state index contributed by atoms with van der Waals surface area (Å²) in [4.78, 5) is 18.8. The molecule has 0 saturated carbocycles. The van der Waals surface area contributed by atoms with Crippen molar-refractivity contribution in [3.63, 3.8) is 0 Å². The van der Waals surface area contributed by atoms with Crippen LogP contribution in [0, 0.1) is 12.7 Å². The van der Waals surface area contributed by atoms with Crippen molar-refractivity contribution in [2.75, 3.05) is 13.1 Å². The zero-order chi connectivity index (χ0) is 17.8. The Morgan fingerprint density at radius 1 is 1.24 bits per heavy atom. The van der Waals surface area contributed by atoms with Gasteiger partial charge in [-0.05, 0) is 56.0 Å². The van der Waals surface area contributed by atoms with Crippen molar-refractivity contribution in [3.05, 3.63) is 65.2 Å². The van der Waals surface area contributed by atoms with Crippen LogP contribution < -0.4 is 5.32 Å². The molecule has 132 valence electrons. The van der Waals surface area contributed by atoms with Gasteiger partial charge in [0.25, 0.3) is 5.91 Å². The molecule has 0 radical (unpaired) electrons. The van der Waals surface area contributed by atoms with Crippen LogP contribution in [0.15, 0.2) is 42.7 Å². The molecule has 1 aliphatic rings. The van der Waals surface area contributed by atoms with E-state index in [9.17, 15) is 9.18 Å². The first-order valence-corrected chi connectivity index (χ1v) is 8.76. The lowest BCUT2D eigenvalue weighted by Crippen LogP contribution is -2.45. The van der Waals surface area contributed by atoms with Crippen LogP contribution in [-0.4, -0.2) is 34.9 Å². The first-order chi connectivity index (χ1) is 12.1. The number of aryl methyl sites for hydroxylation is 1. The predicted octanol–water partition coefficient (Wildman–Crippen LogP) is 3.48. The highest BCUT2D eigenvalue weighted by Crippen LogP contribution is 2.24. The minimum absolute atomic E-state index is 0.0910. The van der Waals surface area contributed by atoms with Gasteiger partial charge in [-0.15, -0.1) is 0 Å². The molecule has 1 saturated heterocycles. The number of hydrogen-bond acceptors (Lipinski definition) is 3. The largest absolute Gasteiger partial charge is 0.349 e. The van der Waals surface area contributed by atoms with Crippen molar-refractivity contribution >= 4 is 5.91 Å². The van der Waals surface area contributed by atoms with Crippen LogP contribution >= 0.6 is 0 Å². The number of likely N-dealkylation sites (tertiary alicyclic amines) is 1. The Labute approximate surface area is 148 Å². The van der Waals surface area contributed by atoms with Gasteiger partial charge in [-0.3, -0.25) is 14.7 Å². The lowest BCUT2D eigenvalue weighted by molar-refractivity contribution is 0.0892. The third kappa shape index (κ3) is 4.04. The molecular formula is C20H24FN3O. The Kier molecular flexibility index (Phi) is 5.43. The van der Waals surface area contributed by atoms with Gasteiger partial charge in [0.05, 0.1) is 5.56 Å². The van der Waals surface area contributed by atoms with Crippen molar-refractivity contribution in [2.45, 2.75) is 38.8 Å². The molecule has 0 bridgehead atoms. The number of halogens is 1. The molecule has 1 aromatic heterocycles. The summed E-state index contributed by atoms with van der Waals surface area (Å²) in [5.74, 6) is -0.745. The van der Waals surface area contributed by atoms with E-state index in [0.717, 1.165) is 25.9 Å². The number of carbonyl (C=O) groups excluding carboxylic acids is 1. The predicted molar refractivity (Wildman–Crippen MR) is 95.9 cm³/mol. The fourth-order valence-corrected chi connectivity index (χ4v) is 3.37. The van der Waals surface area contributed by atoms with Crippen molar-refractivity contribution < 1.29 is 9.18 Å². The summed E-state index contributed by atoms with van der Waals surface area (Å²) >= 11 is 0. The molecule has 1 N–H and O–H groups in total. The fourth-order valence-electron chi connectivity index (χ4n) is 3.37. The van der Waals surface area contributed by atoms with Gasteiger partial charge in [0.2, 0.25) is 0 Å². The summed E-state index contributed by atoms with van der Waals surface area (Å²) in [6.45, 7) is 5.68. The number of amides is 1. The molecule has 1 atom stereocenters. The molecule has 0 aliphatic carbocycles. The van der Waals surface area contributed by atoms with E-state index in [-0.39, 0.29) is 17.5 Å². The van der Waals surface area contributed by atoms with Gasteiger partial charge in [-0.2, -0.15) is 0 Å². The number of nitrogens with zero attached hydrogens (tertiary/aromatic N) is 2. The zero-order valence-electron chi connectivity index (χ0n) is 14.7. The van der Waals surface area contributed by atoms with Crippen LogP contribution in [-0.2, 0) is 0 Å². The van der Waals surface area contributed by atoms with E-state index >= 15 is 0 Å². The summed E-state index contributed by atoms with van der Waals surface area (Å²) in [6.07, 6.45) is 5.37. The van der Waals surface area contributed by atoms with Gasteiger partial charge < -0.3 is 5.32 Å². The number of pyridine rings is 1. The number of piperidine rings is 1. The van der Waals surface area contributed by atoms with E-state index in [1.807, 2.05) is 24.5 Å². The number of aromatic nitrogens is 1. The first-order valence-electron chi connectivity index (χ1n) is 8.76. The van der Waals surface area contributed by atoms with Crippen molar-refractivity contribution in [2.24, 2.45) is 0 Å². The Balaban J connectivity index is 1.56. The molecule has 1 aromatic carbocycles. The molecule has 0 unspecified atom stereocenters. The molecular weight excluding hydrogens is 317 g/mol. The van der Waals surface area contributed by atoms with Gasteiger partial charge in [0.1, 0.15) is 5.82 Å². The fraction of sp³-hybridized carbons (Fsp3) is 0.400. The van der Waals surface area contributed by atoms with Crippen LogP contribution in [0.4, 0.5) is 4.39 Å². The maximum atomic E-state index is 14.1. The number of nitrogens with one attached hydrogen (secondary N) is 1.